The fourth-order valence-electron chi connectivity index (χ4n) is 5.80. The molecule has 4 rings (SSSR count). The minimum absolute atomic E-state index is 0.0501. The fourth-order valence-corrected chi connectivity index (χ4v) is 5.80. The molecule has 8 nitrogen and oxygen atoms in total. The van der Waals surface area contributed by atoms with Crippen molar-refractivity contribution in [2.75, 3.05) is 18.1 Å². The number of carbonyl (C=O) groups excluding carboxylic acids is 3. The molecule has 35 heavy (non-hydrogen) atoms. The Morgan fingerprint density at radius 2 is 1.60 bits per heavy atom. The third kappa shape index (κ3) is 6.10. The number of oxime groups is 1. The highest BCUT2D eigenvalue weighted by Crippen LogP contribution is 2.31. The fraction of sp³-hybridized carbons (Fsp3) is 0.630. The zero-order valence-corrected chi connectivity index (χ0v) is 20.9. The molecule has 0 radical (unpaired) electrons. The van der Waals surface area contributed by atoms with Gasteiger partial charge in [0.1, 0.15) is 0 Å². The van der Waals surface area contributed by atoms with E-state index in [1.807, 2.05) is 0 Å². The van der Waals surface area contributed by atoms with E-state index in [4.69, 9.17) is 9.57 Å². The molecule has 1 unspecified atom stereocenters. The Balaban J connectivity index is 1.48. The maximum atomic E-state index is 12.8. The summed E-state index contributed by atoms with van der Waals surface area (Å²) >= 11 is 0. The summed E-state index contributed by atoms with van der Waals surface area (Å²) in [6, 6.07) is 8.03. The summed E-state index contributed by atoms with van der Waals surface area (Å²) in [4.78, 5) is 46.1. The third-order valence-corrected chi connectivity index (χ3v) is 7.37. The van der Waals surface area contributed by atoms with Crippen molar-refractivity contribution < 1.29 is 24.0 Å². The van der Waals surface area contributed by atoms with Gasteiger partial charge in [0.2, 0.25) is 5.91 Å². The monoisotopic (exact) mass is 483 g/mol. The molecule has 0 bridgehead atoms. The Hall–Kier alpha value is -2.74. The van der Waals surface area contributed by atoms with Gasteiger partial charge in [-0.25, -0.2) is 4.90 Å². The summed E-state index contributed by atoms with van der Waals surface area (Å²) in [7, 11) is 0. The molecular formula is C27H37N3O5. The van der Waals surface area contributed by atoms with Crippen molar-refractivity contribution in [3.63, 3.8) is 0 Å². The third-order valence-electron chi connectivity index (χ3n) is 7.37. The number of para-hydroxylation sites is 1. The Labute approximate surface area is 207 Å². The molecule has 8 heteroatoms. The molecule has 190 valence electrons. The number of carbonyl (C=O) groups is 3. The molecule has 0 N–H and O–H groups in total. The SMILES string of the molecule is CC(=O)OC(CO/N=C1/C(=O)N(C(C)=O)c2ccccc21)CN(C1CCCCC1)C1CCCCC1. The van der Waals surface area contributed by atoms with Gasteiger partial charge in [-0.05, 0) is 31.7 Å². The van der Waals surface area contributed by atoms with Crippen molar-refractivity contribution in [1.29, 1.82) is 0 Å². The molecule has 0 spiro atoms. The lowest BCUT2D eigenvalue weighted by molar-refractivity contribution is -0.152. The Kier molecular flexibility index (Phi) is 8.55. The van der Waals surface area contributed by atoms with Gasteiger partial charge < -0.3 is 9.57 Å². The molecule has 1 atom stereocenters. The zero-order chi connectivity index (χ0) is 24.8. The van der Waals surface area contributed by atoms with Gasteiger partial charge in [0, 0.05) is 38.0 Å². The summed E-state index contributed by atoms with van der Waals surface area (Å²) in [6.07, 6.45) is 11.8. The maximum Gasteiger partial charge on any atom is 0.303 e. The second-order valence-electron chi connectivity index (χ2n) is 9.92. The first-order valence-electron chi connectivity index (χ1n) is 13.0. The molecule has 2 saturated carbocycles. The number of fused-ring (bicyclic) bond motifs is 1. The topological polar surface area (TPSA) is 88.5 Å². The average Bonchev–Trinajstić information content (AvgIpc) is 3.14. The first kappa shape index (κ1) is 25.4. The lowest BCUT2D eigenvalue weighted by atomic mass is 9.88. The number of rotatable bonds is 8. The van der Waals surface area contributed by atoms with E-state index >= 15 is 0 Å². The maximum absolute atomic E-state index is 12.8. The first-order chi connectivity index (χ1) is 17.0. The molecule has 1 heterocycles. The molecule has 0 saturated heterocycles. The number of ether oxygens (including phenoxy) is 1. The van der Waals surface area contributed by atoms with Crippen molar-refractivity contribution in [3.8, 4) is 0 Å². The van der Waals surface area contributed by atoms with Crippen LogP contribution in [0.25, 0.3) is 0 Å². The highest BCUT2D eigenvalue weighted by molar-refractivity contribution is 6.57. The van der Waals surface area contributed by atoms with Gasteiger partial charge in [0.05, 0.1) is 5.69 Å². The predicted molar refractivity (Wildman–Crippen MR) is 133 cm³/mol. The Morgan fingerprint density at radius 1 is 1.00 bits per heavy atom. The second-order valence-corrected chi connectivity index (χ2v) is 9.92. The van der Waals surface area contributed by atoms with Crippen LogP contribution in [0.5, 0.6) is 0 Å². The van der Waals surface area contributed by atoms with Gasteiger partial charge in [-0.2, -0.15) is 0 Å². The van der Waals surface area contributed by atoms with E-state index in [0.29, 0.717) is 29.9 Å². The van der Waals surface area contributed by atoms with Crippen LogP contribution in [-0.4, -0.2) is 59.7 Å². The number of imide groups is 1. The van der Waals surface area contributed by atoms with E-state index in [2.05, 4.69) is 10.1 Å². The van der Waals surface area contributed by atoms with Gasteiger partial charge in [0.15, 0.2) is 18.4 Å². The van der Waals surface area contributed by atoms with Gasteiger partial charge in [-0.1, -0.05) is 61.9 Å². The minimum Gasteiger partial charge on any atom is -0.457 e. The average molecular weight is 484 g/mol. The van der Waals surface area contributed by atoms with Crippen LogP contribution in [0.3, 0.4) is 0 Å². The van der Waals surface area contributed by atoms with Gasteiger partial charge in [0.25, 0.3) is 5.91 Å². The first-order valence-corrected chi connectivity index (χ1v) is 13.0. The number of nitrogens with zero attached hydrogens (tertiary/aromatic N) is 3. The standard InChI is InChI=1S/C27H37N3O5/c1-19(31)30-25-16-10-9-15-24(25)26(27(30)33)28-34-18-23(35-20(2)32)17-29(21-11-5-3-6-12-21)22-13-7-4-8-14-22/h9-10,15-16,21-23H,3-8,11-14,17-18H2,1-2H3/b28-26+. The van der Waals surface area contributed by atoms with Crippen LogP contribution in [0.15, 0.2) is 29.4 Å². The van der Waals surface area contributed by atoms with E-state index in [1.165, 1.54) is 78.1 Å². The van der Waals surface area contributed by atoms with E-state index in [-0.39, 0.29) is 24.2 Å². The lowest BCUT2D eigenvalue weighted by Crippen LogP contribution is -2.50. The largest absolute Gasteiger partial charge is 0.457 e. The van der Waals surface area contributed by atoms with Gasteiger partial charge in [-0.15, -0.1) is 0 Å². The summed E-state index contributed by atoms with van der Waals surface area (Å²) in [5, 5.41) is 4.12. The number of anilines is 1. The Bertz CT molecular complexity index is 932. The van der Waals surface area contributed by atoms with Crippen molar-refractivity contribution in [2.24, 2.45) is 5.16 Å². The van der Waals surface area contributed by atoms with Crippen LogP contribution in [0.4, 0.5) is 5.69 Å². The number of hydrogen-bond donors (Lipinski definition) is 0. The molecule has 2 fully saturated rings. The molecule has 1 aromatic rings. The van der Waals surface area contributed by atoms with Crippen molar-refractivity contribution >= 4 is 29.2 Å². The molecule has 1 aliphatic heterocycles. The molecule has 2 aliphatic carbocycles. The number of esters is 1. The summed E-state index contributed by atoms with van der Waals surface area (Å²) in [6.45, 7) is 3.41. The van der Waals surface area contributed by atoms with Crippen LogP contribution < -0.4 is 4.90 Å². The van der Waals surface area contributed by atoms with Crippen LogP contribution in [0.2, 0.25) is 0 Å². The van der Waals surface area contributed by atoms with Crippen molar-refractivity contribution in [1.82, 2.24) is 4.90 Å². The van der Waals surface area contributed by atoms with Crippen molar-refractivity contribution in [3.05, 3.63) is 29.8 Å². The molecule has 3 aliphatic rings. The van der Waals surface area contributed by atoms with E-state index in [0.717, 1.165) is 4.90 Å². The van der Waals surface area contributed by atoms with E-state index < -0.39 is 12.0 Å². The molecule has 0 aromatic heterocycles. The second kappa shape index (κ2) is 11.8. The van der Waals surface area contributed by atoms with E-state index in [1.54, 1.807) is 24.3 Å². The summed E-state index contributed by atoms with van der Waals surface area (Å²) in [5.41, 5.74) is 1.15. The minimum atomic E-state index is -0.506. The van der Waals surface area contributed by atoms with Gasteiger partial charge in [-0.3, -0.25) is 19.3 Å². The van der Waals surface area contributed by atoms with Crippen LogP contribution in [-0.2, 0) is 24.0 Å². The number of benzene rings is 1. The van der Waals surface area contributed by atoms with Crippen LogP contribution >= 0.6 is 0 Å². The number of hydrogen-bond acceptors (Lipinski definition) is 7. The molecular weight excluding hydrogens is 446 g/mol. The zero-order valence-electron chi connectivity index (χ0n) is 20.9. The molecule has 1 aromatic carbocycles. The highest BCUT2D eigenvalue weighted by atomic mass is 16.6. The number of amides is 2. The highest BCUT2D eigenvalue weighted by Gasteiger charge is 2.37. The summed E-state index contributed by atoms with van der Waals surface area (Å²) < 4.78 is 5.66. The lowest BCUT2D eigenvalue weighted by Gasteiger charge is -2.42. The summed E-state index contributed by atoms with van der Waals surface area (Å²) in [5.74, 6) is -1.24. The van der Waals surface area contributed by atoms with E-state index in [9.17, 15) is 14.4 Å². The molecule has 2 amide bonds. The van der Waals surface area contributed by atoms with Crippen molar-refractivity contribution in [2.45, 2.75) is 96.2 Å². The van der Waals surface area contributed by atoms with Gasteiger partial charge >= 0.3 is 5.97 Å². The Morgan fingerprint density at radius 3 is 2.17 bits per heavy atom. The normalized spacial score (nSPS) is 21.3. The van der Waals surface area contributed by atoms with Crippen LogP contribution in [0, 0.1) is 0 Å². The quantitative estimate of drug-likeness (QED) is 0.407. The van der Waals surface area contributed by atoms with Crippen LogP contribution in [0.1, 0.15) is 83.6 Å². The smallest absolute Gasteiger partial charge is 0.303 e. The predicted octanol–water partition coefficient (Wildman–Crippen LogP) is 4.20.